The first kappa shape index (κ1) is 11.1. The van der Waals surface area contributed by atoms with Gasteiger partial charge in [0.25, 0.3) is 0 Å². The van der Waals surface area contributed by atoms with E-state index in [0.717, 1.165) is 25.8 Å². The number of carboxylic acids is 1. The molecule has 1 saturated carbocycles. The van der Waals surface area contributed by atoms with Gasteiger partial charge in [0, 0.05) is 37.9 Å². The van der Waals surface area contributed by atoms with Crippen LogP contribution < -0.4 is 5.32 Å². The number of carboxylic acid groups (broad SMARTS) is 1. The molecule has 5 nitrogen and oxygen atoms in total. The number of nitrogens with one attached hydrogen (secondary N) is 1. The van der Waals surface area contributed by atoms with Gasteiger partial charge in [0.05, 0.1) is 5.92 Å². The molecule has 2 rings (SSSR count). The van der Waals surface area contributed by atoms with E-state index in [2.05, 4.69) is 10.4 Å². The van der Waals surface area contributed by atoms with E-state index >= 15 is 0 Å². The number of carbonyl (C=O) groups is 1. The SMILES string of the molecule is Cn1nccc1CCNC1CCC1C(=O)O. The van der Waals surface area contributed by atoms with Crippen LogP contribution in [0.1, 0.15) is 18.5 Å². The number of aryl methyl sites for hydroxylation is 1. The lowest BCUT2D eigenvalue weighted by atomic mass is 9.79. The Labute approximate surface area is 94.5 Å². The fourth-order valence-electron chi connectivity index (χ4n) is 2.07. The first-order valence-corrected chi connectivity index (χ1v) is 5.61. The van der Waals surface area contributed by atoms with Gasteiger partial charge in [0.2, 0.25) is 0 Å². The molecule has 5 heteroatoms. The van der Waals surface area contributed by atoms with Crippen LogP contribution >= 0.6 is 0 Å². The van der Waals surface area contributed by atoms with Gasteiger partial charge in [0.15, 0.2) is 0 Å². The van der Waals surface area contributed by atoms with Crippen LogP contribution in [0.2, 0.25) is 0 Å². The monoisotopic (exact) mass is 223 g/mol. The van der Waals surface area contributed by atoms with Crippen molar-refractivity contribution in [2.24, 2.45) is 13.0 Å². The third kappa shape index (κ3) is 2.24. The summed E-state index contributed by atoms with van der Waals surface area (Å²) in [6.45, 7) is 0.813. The molecular weight excluding hydrogens is 206 g/mol. The van der Waals surface area contributed by atoms with Crippen molar-refractivity contribution in [3.8, 4) is 0 Å². The standard InChI is InChI=1S/C11H17N3O2/c1-14-8(5-7-13-14)4-6-12-10-3-2-9(10)11(15)16/h5,7,9-10,12H,2-4,6H2,1H3,(H,15,16). The average molecular weight is 223 g/mol. The average Bonchev–Trinajstić information content (AvgIpc) is 2.56. The highest BCUT2D eigenvalue weighted by Crippen LogP contribution is 2.27. The molecule has 0 spiro atoms. The summed E-state index contributed by atoms with van der Waals surface area (Å²) >= 11 is 0. The molecule has 2 unspecified atom stereocenters. The Morgan fingerprint density at radius 3 is 3.00 bits per heavy atom. The van der Waals surface area contributed by atoms with Crippen molar-refractivity contribution in [2.75, 3.05) is 6.54 Å². The van der Waals surface area contributed by atoms with Crippen LogP contribution in [0.15, 0.2) is 12.3 Å². The summed E-state index contributed by atoms with van der Waals surface area (Å²) in [6, 6.07) is 2.14. The third-order valence-corrected chi connectivity index (χ3v) is 3.30. The van der Waals surface area contributed by atoms with Crippen molar-refractivity contribution in [1.82, 2.24) is 15.1 Å². The number of aliphatic carboxylic acids is 1. The molecule has 1 fully saturated rings. The molecular formula is C11H17N3O2. The van der Waals surface area contributed by atoms with Crippen molar-refractivity contribution in [1.29, 1.82) is 0 Å². The molecule has 2 N–H and O–H groups in total. The van der Waals surface area contributed by atoms with Crippen LogP contribution in [0.5, 0.6) is 0 Å². The maximum Gasteiger partial charge on any atom is 0.308 e. The topological polar surface area (TPSA) is 67.2 Å². The minimum atomic E-state index is -0.677. The molecule has 0 aliphatic heterocycles. The number of nitrogens with zero attached hydrogens (tertiary/aromatic N) is 2. The van der Waals surface area contributed by atoms with E-state index in [1.165, 1.54) is 5.69 Å². The molecule has 2 atom stereocenters. The Kier molecular flexibility index (Phi) is 3.24. The van der Waals surface area contributed by atoms with E-state index in [-0.39, 0.29) is 12.0 Å². The first-order valence-electron chi connectivity index (χ1n) is 5.61. The van der Waals surface area contributed by atoms with Crippen molar-refractivity contribution < 1.29 is 9.90 Å². The summed E-state index contributed by atoms with van der Waals surface area (Å²) < 4.78 is 1.84. The van der Waals surface area contributed by atoms with E-state index in [0.29, 0.717) is 0 Å². The van der Waals surface area contributed by atoms with Gasteiger partial charge in [-0.05, 0) is 18.9 Å². The van der Waals surface area contributed by atoms with Gasteiger partial charge in [-0.2, -0.15) is 5.10 Å². The quantitative estimate of drug-likeness (QED) is 0.759. The van der Waals surface area contributed by atoms with Crippen molar-refractivity contribution in [2.45, 2.75) is 25.3 Å². The number of rotatable bonds is 5. The zero-order chi connectivity index (χ0) is 11.5. The van der Waals surface area contributed by atoms with Gasteiger partial charge < -0.3 is 10.4 Å². The van der Waals surface area contributed by atoms with E-state index < -0.39 is 5.97 Å². The zero-order valence-corrected chi connectivity index (χ0v) is 9.39. The predicted molar refractivity (Wildman–Crippen MR) is 59.1 cm³/mol. The Hall–Kier alpha value is -1.36. The van der Waals surface area contributed by atoms with Crippen LogP contribution in [0.3, 0.4) is 0 Å². The summed E-state index contributed by atoms with van der Waals surface area (Å²) in [5.74, 6) is -0.865. The normalized spacial score (nSPS) is 24.1. The molecule has 1 aliphatic rings. The predicted octanol–water partition coefficient (Wildman–Crippen LogP) is 0.415. The van der Waals surface area contributed by atoms with E-state index in [1.807, 2.05) is 17.8 Å². The summed E-state index contributed by atoms with van der Waals surface area (Å²) in [5.41, 5.74) is 1.17. The zero-order valence-electron chi connectivity index (χ0n) is 9.39. The molecule has 1 aromatic heterocycles. The summed E-state index contributed by atoms with van der Waals surface area (Å²) in [7, 11) is 1.92. The Morgan fingerprint density at radius 2 is 2.50 bits per heavy atom. The Balaban J connectivity index is 1.73. The molecule has 88 valence electrons. The molecule has 1 aromatic rings. The van der Waals surface area contributed by atoms with Crippen LogP contribution in [0.25, 0.3) is 0 Å². The van der Waals surface area contributed by atoms with Gasteiger partial charge in [-0.3, -0.25) is 9.48 Å². The maximum absolute atomic E-state index is 10.8. The van der Waals surface area contributed by atoms with Gasteiger partial charge in [-0.1, -0.05) is 0 Å². The maximum atomic E-state index is 10.8. The summed E-state index contributed by atoms with van der Waals surface area (Å²) in [6.07, 6.45) is 4.44. The number of hydrogen-bond acceptors (Lipinski definition) is 3. The number of hydrogen-bond donors (Lipinski definition) is 2. The molecule has 16 heavy (non-hydrogen) atoms. The van der Waals surface area contributed by atoms with Crippen molar-refractivity contribution >= 4 is 5.97 Å². The van der Waals surface area contributed by atoms with Crippen molar-refractivity contribution in [3.05, 3.63) is 18.0 Å². The highest BCUT2D eigenvalue weighted by atomic mass is 16.4. The van der Waals surface area contributed by atoms with Gasteiger partial charge in [-0.15, -0.1) is 0 Å². The van der Waals surface area contributed by atoms with Crippen LogP contribution in [0, 0.1) is 5.92 Å². The summed E-state index contributed by atoms with van der Waals surface area (Å²) in [4.78, 5) is 10.8. The van der Waals surface area contributed by atoms with Gasteiger partial charge in [0.1, 0.15) is 0 Å². The largest absolute Gasteiger partial charge is 0.481 e. The fraction of sp³-hybridized carbons (Fsp3) is 0.636. The molecule has 0 saturated heterocycles. The molecule has 0 amide bonds. The van der Waals surface area contributed by atoms with Gasteiger partial charge in [-0.25, -0.2) is 0 Å². The van der Waals surface area contributed by atoms with E-state index in [9.17, 15) is 4.79 Å². The van der Waals surface area contributed by atoms with Crippen LogP contribution in [0.4, 0.5) is 0 Å². The molecule has 0 aromatic carbocycles. The minimum Gasteiger partial charge on any atom is -0.481 e. The van der Waals surface area contributed by atoms with Gasteiger partial charge >= 0.3 is 5.97 Å². The number of aromatic nitrogens is 2. The Bertz CT molecular complexity index is 375. The highest BCUT2D eigenvalue weighted by molar-refractivity contribution is 5.72. The Morgan fingerprint density at radius 1 is 1.69 bits per heavy atom. The lowest BCUT2D eigenvalue weighted by molar-refractivity contribution is -0.146. The second-order valence-electron chi connectivity index (χ2n) is 4.28. The smallest absolute Gasteiger partial charge is 0.308 e. The van der Waals surface area contributed by atoms with Crippen molar-refractivity contribution in [3.63, 3.8) is 0 Å². The molecule has 1 heterocycles. The second kappa shape index (κ2) is 4.65. The van der Waals surface area contributed by atoms with E-state index in [1.54, 1.807) is 6.20 Å². The highest BCUT2D eigenvalue weighted by Gasteiger charge is 2.35. The fourth-order valence-corrected chi connectivity index (χ4v) is 2.07. The molecule has 0 radical (unpaired) electrons. The summed E-state index contributed by atoms with van der Waals surface area (Å²) in [5, 5.41) is 16.3. The molecule has 1 aliphatic carbocycles. The third-order valence-electron chi connectivity index (χ3n) is 3.30. The van der Waals surface area contributed by atoms with Crippen LogP contribution in [-0.2, 0) is 18.3 Å². The van der Waals surface area contributed by atoms with E-state index in [4.69, 9.17) is 5.11 Å². The first-order chi connectivity index (χ1) is 7.68. The lowest BCUT2D eigenvalue weighted by Crippen LogP contribution is -2.48. The second-order valence-corrected chi connectivity index (χ2v) is 4.28. The minimum absolute atomic E-state index is 0.158. The van der Waals surface area contributed by atoms with Crippen LogP contribution in [-0.4, -0.2) is 33.4 Å². The lowest BCUT2D eigenvalue weighted by Gasteiger charge is -2.34. The molecule has 0 bridgehead atoms.